The summed E-state index contributed by atoms with van der Waals surface area (Å²) in [5.41, 5.74) is 2.03. The molecule has 1 aliphatic heterocycles. The van der Waals surface area contributed by atoms with Gasteiger partial charge < -0.3 is 29.5 Å². The molecule has 2 aromatic carbocycles. The number of hydrogen-bond donors (Lipinski definition) is 2. The molecule has 7 nitrogen and oxygen atoms in total. The van der Waals surface area contributed by atoms with Crippen LogP contribution in [0.25, 0.3) is 0 Å². The smallest absolute Gasteiger partial charge is 0.231 e. The van der Waals surface area contributed by atoms with Crippen LogP contribution in [0.2, 0.25) is 0 Å². The Morgan fingerprint density at radius 1 is 1.19 bits per heavy atom. The van der Waals surface area contributed by atoms with Crippen molar-refractivity contribution < 1.29 is 19.3 Å². The van der Waals surface area contributed by atoms with Gasteiger partial charge in [-0.25, -0.2) is 0 Å². The number of rotatable bonds is 5. The largest absolute Gasteiger partial charge is 0.504 e. The van der Waals surface area contributed by atoms with Crippen LogP contribution >= 0.6 is 0 Å². The second-order valence-electron chi connectivity index (χ2n) is 5.95. The number of hydrogen-bond acceptors (Lipinski definition) is 5. The van der Waals surface area contributed by atoms with E-state index in [1.54, 1.807) is 19.2 Å². The fourth-order valence-corrected chi connectivity index (χ4v) is 2.80. The Morgan fingerprint density at radius 2 is 1.96 bits per heavy atom. The zero-order chi connectivity index (χ0) is 18.5. The zero-order valence-corrected chi connectivity index (χ0v) is 15.2. The molecule has 0 aliphatic carbocycles. The summed E-state index contributed by atoms with van der Waals surface area (Å²) in [6, 6.07) is 11.2. The summed E-state index contributed by atoms with van der Waals surface area (Å²) in [5, 5.41) is 13.2. The molecule has 0 aromatic heterocycles. The van der Waals surface area contributed by atoms with Gasteiger partial charge in [0.15, 0.2) is 29.0 Å². The minimum Gasteiger partial charge on any atom is -0.504 e. The van der Waals surface area contributed by atoms with E-state index in [1.807, 2.05) is 36.2 Å². The maximum Gasteiger partial charge on any atom is 0.231 e. The maximum atomic E-state index is 9.88. The third kappa shape index (κ3) is 3.93. The van der Waals surface area contributed by atoms with Crippen molar-refractivity contribution in [3.05, 3.63) is 47.5 Å². The van der Waals surface area contributed by atoms with E-state index in [-0.39, 0.29) is 12.5 Å². The van der Waals surface area contributed by atoms with Crippen LogP contribution < -0.4 is 19.5 Å². The van der Waals surface area contributed by atoms with Crippen molar-refractivity contribution in [3.63, 3.8) is 0 Å². The number of methoxy groups -OCH3 is 1. The van der Waals surface area contributed by atoms with E-state index in [1.165, 1.54) is 7.11 Å². The summed E-state index contributed by atoms with van der Waals surface area (Å²) in [4.78, 5) is 6.33. The van der Waals surface area contributed by atoms with Crippen molar-refractivity contribution in [3.8, 4) is 23.0 Å². The third-order valence-electron chi connectivity index (χ3n) is 4.12. The molecule has 0 unspecified atom stereocenters. The number of fused-ring (bicyclic) bond motifs is 1. The maximum absolute atomic E-state index is 9.88. The Bertz CT molecular complexity index is 807. The first-order chi connectivity index (χ1) is 12.6. The number of aromatic hydroxyl groups is 1. The summed E-state index contributed by atoms with van der Waals surface area (Å²) in [5.74, 6) is 2.87. The van der Waals surface area contributed by atoms with Crippen LogP contribution in [0.1, 0.15) is 11.1 Å². The topological polar surface area (TPSA) is 75.6 Å². The highest BCUT2D eigenvalue weighted by Crippen LogP contribution is 2.32. The molecule has 1 aliphatic rings. The molecular weight excluding hydrogens is 334 g/mol. The first kappa shape index (κ1) is 17.7. The molecule has 2 N–H and O–H groups in total. The highest BCUT2D eigenvalue weighted by Gasteiger charge is 2.15. The van der Waals surface area contributed by atoms with Crippen LogP contribution in [-0.4, -0.2) is 44.0 Å². The molecular formula is C19H23N3O4. The number of nitrogens with zero attached hydrogens (tertiary/aromatic N) is 2. The normalized spacial score (nSPS) is 12.8. The molecule has 7 heteroatoms. The predicted molar refractivity (Wildman–Crippen MR) is 98.9 cm³/mol. The fraction of sp³-hybridized carbons (Fsp3) is 0.316. The van der Waals surface area contributed by atoms with Crippen molar-refractivity contribution in [2.45, 2.75) is 13.1 Å². The van der Waals surface area contributed by atoms with E-state index >= 15 is 0 Å². The van der Waals surface area contributed by atoms with E-state index < -0.39 is 0 Å². The fourth-order valence-electron chi connectivity index (χ4n) is 2.80. The van der Waals surface area contributed by atoms with Crippen LogP contribution in [0, 0.1) is 0 Å². The molecule has 0 amide bonds. The van der Waals surface area contributed by atoms with Crippen molar-refractivity contribution in [2.75, 3.05) is 28.0 Å². The van der Waals surface area contributed by atoms with Crippen LogP contribution in [0.5, 0.6) is 23.0 Å². The monoisotopic (exact) mass is 357 g/mol. The SMILES string of the molecule is CN=C(NCc1ccc(OC)c(O)c1)N(C)Cc1ccc2c(c1)OCO2. The molecule has 0 atom stereocenters. The van der Waals surface area contributed by atoms with Crippen molar-refractivity contribution in [1.82, 2.24) is 10.2 Å². The van der Waals surface area contributed by atoms with Gasteiger partial charge in [0, 0.05) is 27.2 Å². The minimum atomic E-state index is 0.121. The van der Waals surface area contributed by atoms with Gasteiger partial charge in [-0.2, -0.15) is 0 Å². The van der Waals surface area contributed by atoms with Gasteiger partial charge in [-0.05, 0) is 35.4 Å². The summed E-state index contributed by atoms with van der Waals surface area (Å²) in [7, 11) is 5.23. The number of phenolic OH excluding ortho intramolecular Hbond substituents is 1. The molecule has 0 saturated heterocycles. The van der Waals surface area contributed by atoms with Crippen LogP contribution in [0.15, 0.2) is 41.4 Å². The van der Waals surface area contributed by atoms with E-state index in [2.05, 4.69) is 10.3 Å². The van der Waals surface area contributed by atoms with E-state index in [0.717, 1.165) is 28.6 Å². The van der Waals surface area contributed by atoms with E-state index in [4.69, 9.17) is 14.2 Å². The van der Waals surface area contributed by atoms with Gasteiger partial charge >= 0.3 is 0 Å². The molecule has 0 radical (unpaired) electrons. The Morgan fingerprint density at radius 3 is 2.69 bits per heavy atom. The lowest BCUT2D eigenvalue weighted by Crippen LogP contribution is -2.38. The molecule has 0 fully saturated rings. The quantitative estimate of drug-likeness (QED) is 0.632. The van der Waals surface area contributed by atoms with Gasteiger partial charge in [0.1, 0.15) is 0 Å². The number of nitrogens with one attached hydrogen (secondary N) is 1. The van der Waals surface area contributed by atoms with Gasteiger partial charge in [-0.3, -0.25) is 4.99 Å². The minimum absolute atomic E-state index is 0.121. The second-order valence-corrected chi connectivity index (χ2v) is 5.95. The Kier molecular flexibility index (Phi) is 5.36. The predicted octanol–water partition coefficient (Wildman–Crippen LogP) is 2.34. The van der Waals surface area contributed by atoms with Crippen LogP contribution in [0.4, 0.5) is 0 Å². The van der Waals surface area contributed by atoms with Gasteiger partial charge in [-0.1, -0.05) is 12.1 Å². The molecule has 3 rings (SSSR count). The van der Waals surface area contributed by atoms with Gasteiger partial charge in [-0.15, -0.1) is 0 Å². The standard InChI is InChI=1S/C19H23N3O4/c1-20-19(21-10-13-4-6-16(24-3)15(23)8-13)22(2)11-14-5-7-17-18(9-14)26-12-25-17/h4-9,23H,10-12H2,1-3H3,(H,20,21). The van der Waals surface area contributed by atoms with Gasteiger partial charge in [0.2, 0.25) is 6.79 Å². The average molecular weight is 357 g/mol. The number of guanidine groups is 1. The lowest BCUT2D eigenvalue weighted by Gasteiger charge is -2.22. The van der Waals surface area contributed by atoms with Crippen molar-refractivity contribution in [1.29, 1.82) is 0 Å². The van der Waals surface area contributed by atoms with Gasteiger partial charge in [0.05, 0.1) is 7.11 Å². The second kappa shape index (κ2) is 7.86. The zero-order valence-electron chi connectivity index (χ0n) is 15.2. The summed E-state index contributed by atoms with van der Waals surface area (Å²) < 4.78 is 15.8. The molecule has 0 saturated carbocycles. The van der Waals surface area contributed by atoms with Gasteiger partial charge in [0.25, 0.3) is 0 Å². The highest BCUT2D eigenvalue weighted by molar-refractivity contribution is 5.79. The summed E-state index contributed by atoms with van der Waals surface area (Å²) >= 11 is 0. The van der Waals surface area contributed by atoms with Crippen molar-refractivity contribution in [2.24, 2.45) is 4.99 Å². The lowest BCUT2D eigenvalue weighted by atomic mass is 10.2. The molecule has 2 aromatic rings. The van der Waals surface area contributed by atoms with E-state index in [9.17, 15) is 5.11 Å². The first-order valence-corrected chi connectivity index (χ1v) is 8.27. The lowest BCUT2D eigenvalue weighted by molar-refractivity contribution is 0.174. The Labute approximate surface area is 152 Å². The van der Waals surface area contributed by atoms with Crippen LogP contribution in [0.3, 0.4) is 0 Å². The number of aliphatic imine (C=N–C) groups is 1. The molecule has 138 valence electrons. The summed E-state index contributed by atoms with van der Waals surface area (Å²) in [6.45, 7) is 1.48. The van der Waals surface area contributed by atoms with Crippen LogP contribution in [-0.2, 0) is 13.1 Å². The summed E-state index contributed by atoms with van der Waals surface area (Å²) in [6.07, 6.45) is 0. The Hall–Kier alpha value is -3.09. The number of phenols is 1. The average Bonchev–Trinajstić information content (AvgIpc) is 3.10. The van der Waals surface area contributed by atoms with E-state index in [0.29, 0.717) is 18.8 Å². The molecule has 1 heterocycles. The highest BCUT2D eigenvalue weighted by atomic mass is 16.7. The first-order valence-electron chi connectivity index (χ1n) is 8.27. The molecule has 0 spiro atoms. The number of ether oxygens (including phenoxy) is 3. The molecule has 0 bridgehead atoms. The van der Waals surface area contributed by atoms with Crippen molar-refractivity contribution >= 4 is 5.96 Å². The Balaban J connectivity index is 1.60. The third-order valence-corrected chi connectivity index (χ3v) is 4.12. The number of benzene rings is 2. The molecule has 26 heavy (non-hydrogen) atoms.